The minimum absolute atomic E-state index is 0.130. The third-order valence-corrected chi connectivity index (χ3v) is 3.10. The Morgan fingerprint density at radius 2 is 2.24 bits per heavy atom. The molecule has 2 aromatic rings. The fourth-order valence-corrected chi connectivity index (χ4v) is 1.99. The molecule has 0 spiro atoms. The summed E-state index contributed by atoms with van der Waals surface area (Å²) in [6.45, 7) is 2.59. The van der Waals surface area contributed by atoms with Crippen LogP contribution in [0.3, 0.4) is 0 Å². The van der Waals surface area contributed by atoms with E-state index in [-0.39, 0.29) is 5.91 Å². The molecular formula is C16H18N4O. The molecular weight excluding hydrogens is 264 g/mol. The van der Waals surface area contributed by atoms with Gasteiger partial charge in [0.2, 0.25) is 0 Å². The molecule has 1 aromatic heterocycles. The SMILES string of the molecule is Cc1c(C#CCN)cccc1C(=O)NCc1ccn(C)n1. The zero-order valence-electron chi connectivity index (χ0n) is 12.2. The summed E-state index contributed by atoms with van der Waals surface area (Å²) in [5, 5.41) is 7.09. The van der Waals surface area contributed by atoms with Crippen molar-refractivity contribution in [2.24, 2.45) is 12.8 Å². The molecule has 0 aliphatic rings. The number of carbonyl (C=O) groups excluding carboxylic acids is 1. The molecule has 2 rings (SSSR count). The van der Waals surface area contributed by atoms with Crippen LogP contribution in [0.5, 0.6) is 0 Å². The van der Waals surface area contributed by atoms with Crippen molar-refractivity contribution < 1.29 is 4.79 Å². The number of amides is 1. The Morgan fingerprint density at radius 3 is 2.90 bits per heavy atom. The van der Waals surface area contributed by atoms with Crippen molar-refractivity contribution in [2.75, 3.05) is 6.54 Å². The van der Waals surface area contributed by atoms with Crippen LogP contribution < -0.4 is 11.1 Å². The van der Waals surface area contributed by atoms with Gasteiger partial charge in [-0.1, -0.05) is 17.9 Å². The fraction of sp³-hybridized carbons (Fsp3) is 0.250. The number of aryl methyl sites for hydroxylation is 1. The summed E-state index contributed by atoms with van der Waals surface area (Å²) in [6, 6.07) is 7.36. The first-order chi connectivity index (χ1) is 10.1. The van der Waals surface area contributed by atoms with Crippen LogP contribution in [-0.2, 0) is 13.6 Å². The van der Waals surface area contributed by atoms with Crippen LogP contribution in [0.1, 0.15) is 27.2 Å². The van der Waals surface area contributed by atoms with Crippen molar-refractivity contribution >= 4 is 5.91 Å². The summed E-state index contributed by atoms with van der Waals surface area (Å²) in [7, 11) is 1.84. The van der Waals surface area contributed by atoms with E-state index in [4.69, 9.17) is 5.73 Å². The van der Waals surface area contributed by atoms with Crippen LogP contribution >= 0.6 is 0 Å². The minimum atomic E-state index is -0.130. The number of hydrogen-bond acceptors (Lipinski definition) is 3. The van der Waals surface area contributed by atoms with Crippen molar-refractivity contribution in [1.82, 2.24) is 15.1 Å². The zero-order chi connectivity index (χ0) is 15.2. The maximum absolute atomic E-state index is 12.3. The summed E-state index contributed by atoms with van der Waals surface area (Å²) >= 11 is 0. The van der Waals surface area contributed by atoms with Gasteiger partial charge >= 0.3 is 0 Å². The molecule has 0 unspecified atom stereocenters. The van der Waals surface area contributed by atoms with E-state index in [1.807, 2.05) is 38.4 Å². The summed E-state index contributed by atoms with van der Waals surface area (Å²) in [5.41, 5.74) is 8.50. The van der Waals surface area contributed by atoms with Crippen molar-refractivity contribution in [2.45, 2.75) is 13.5 Å². The van der Waals surface area contributed by atoms with E-state index in [1.165, 1.54) is 0 Å². The standard InChI is InChI=1S/C16H18N4O/c1-12-13(6-4-9-17)5-3-7-15(12)16(21)18-11-14-8-10-20(2)19-14/h3,5,7-8,10H,9,11,17H2,1-2H3,(H,18,21). The van der Waals surface area contributed by atoms with E-state index in [0.29, 0.717) is 18.7 Å². The van der Waals surface area contributed by atoms with Gasteiger partial charge in [0.1, 0.15) is 0 Å². The van der Waals surface area contributed by atoms with E-state index in [0.717, 1.165) is 16.8 Å². The van der Waals surface area contributed by atoms with Crippen molar-refractivity contribution in [3.63, 3.8) is 0 Å². The number of nitrogens with two attached hydrogens (primary N) is 1. The third-order valence-electron chi connectivity index (χ3n) is 3.10. The minimum Gasteiger partial charge on any atom is -0.346 e. The van der Waals surface area contributed by atoms with E-state index in [1.54, 1.807) is 10.7 Å². The first-order valence-electron chi connectivity index (χ1n) is 6.67. The Hall–Kier alpha value is -2.58. The number of aromatic nitrogens is 2. The van der Waals surface area contributed by atoms with Gasteiger partial charge in [0.05, 0.1) is 18.8 Å². The lowest BCUT2D eigenvalue weighted by Crippen LogP contribution is -2.24. The molecule has 1 heterocycles. The van der Waals surface area contributed by atoms with Crippen LogP contribution in [0.4, 0.5) is 0 Å². The Morgan fingerprint density at radius 1 is 1.43 bits per heavy atom. The third kappa shape index (κ3) is 3.71. The number of rotatable bonds is 3. The van der Waals surface area contributed by atoms with Gasteiger partial charge in [-0.15, -0.1) is 0 Å². The highest BCUT2D eigenvalue weighted by atomic mass is 16.1. The average Bonchev–Trinajstić information content (AvgIpc) is 2.89. The number of nitrogens with one attached hydrogen (secondary N) is 1. The van der Waals surface area contributed by atoms with Gasteiger partial charge in [-0.05, 0) is 30.7 Å². The molecule has 1 amide bonds. The van der Waals surface area contributed by atoms with Crippen LogP contribution in [0, 0.1) is 18.8 Å². The lowest BCUT2D eigenvalue weighted by atomic mass is 10.0. The van der Waals surface area contributed by atoms with Crippen molar-refractivity contribution in [3.8, 4) is 11.8 Å². The Balaban J connectivity index is 2.12. The molecule has 0 aliphatic carbocycles. The van der Waals surface area contributed by atoms with Crippen LogP contribution in [0.25, 0.3) is 0 Å². The van der Waals surface area contributed by atoms with Gasteiger partial charge in [0, 0.05) is 24.4 Å². The van der Waals surface area contributed by atoms with Crippen molar-refractivity contribution in [3.05, 3.63) is 52.8 Å². The van der Waals surface area contributed by atoms with E-state index in [2.05, 4.69) is 22.3 Å². The fourth-order valence-electron chi connectivity index (χ4n) is 1.99. The molecule has 5 heteroatoms. The lowest BCUT2D eigenvalue weighted by Gasteiger charge is -2.08. The molecule has 5 nitrogen and oxygen atoms in total. The first kappa shape index (κ1) is 14.8. The van der Waals surface area contributed by atoms with Gasteiger partial charge < -0.3 is 11.1 Å². The summed E-state index contributed by atoms with van der Waals surface area (Å²) in [5.74, 6) is 5.65. The largest absolute Gasteiger partial charge is 0.346 e. The van der Waals surface area contributed by atoms with E-state index < -0.39 is 0 Å². The van der Waals surface area contributed by atoms with Gasteiger partial charge in [-0.2, -0.15) is 5.10 Å². The smallest absolute Gasteiger partial charge is 0.251 e. The van der Waals surface area contributed by atoms with Crippen LogP contribution in [-0.4, -0.2) is 22.2 Å². The molecule has 0 fully saturated rings. The highest BCUT2D eigenvalue weighted by molar-refractivity contribution is 5.96. The number of nitrogens with zero attached hydrogens (tertiary/aromatic N) is 2. The molecule has 1 aromatic carbocycles. The number of carbonyl (C=O) groups is 1. The average molecular weight is 282 g/mol. The normalized spacial score (nSPS) is 9.86. The Kier molecular flexibility index (Phi) is 4.75. The van der Waals surface area contributed by atoms with Gasteiger partial charge in [0.25, 0.3) is 5.91 Å². The molecule has 0 bridgehead atoms. The molecule has 0 aliphatic heterocycles. The number of benzene rings is 1. The van der Waals surface area contributed by atoms with Crippen LogP contribution in [0.15, 0.2) is 30.5 Å². The molecule has 0 saturated heterocycles. The maximum Gasteiger partial charge on any atom is 0.251 e. The summed E-state index contributed by atoms with van der Waals surface area (Å²) in [4.78, 5) is 12.3. The number of hydrogen-bond donors (Lipinski definition) is 2. The topological polar surface area (TPSA) is 72.9 Å². The first-order valence-corrected chi connectivity index (χ1v) is 6.67. The lowest BCUT2D eigenvalue weighted by molar-refractivity contribution is 0.0949. The molecule has 0 saturated carbocycles. The van der Waals surface area contributed by atoms with Gasteiger partial charge in [-0.25, -0.2) is 0 Å². The quantitative estimate of drug-likeness (QED) is 0.824. The molecule has 0 radical (unpaired) electrons. The second-order valence-corrected chi connectivity index (χ2v) is 4.65. The molecule has 108 valence electrons. The molecule has 0 atom stereocenters. The molecule has 3 N–H and O–H groups in total. The van der Waals surface area contributed by atoms with Gasteiger partial charge in [-0.3, -0.25) is 9.48 Å². The predicted octanol–water partition coefficient (Wildman–Crippen LogP) is 0.969. The Bertz CT molecular complexity index is 707. The second-order valence-electron chi connectivity index (χ2n) is 4.65. The van der Waals surface area contributed by atoms with Crippen LogP contribution in [0.2, 0.25) is 0 Å². The molecule has 21 heavy (non-hydrogen) atoms. The highest BCUT2D eigenvalue weighted by Gasteiger charge is 2.11. The maximum atomic E-state index is 12.3. The van der Waals surface area contributed by atoms with Crippen molar-refractivity contribution in [1.29, 1.82) is 0 Å². The zero-order valence-corrected chi connectivity index (χ0v) is 12.2. The Labute approximate surface area is 124 Å². The monoisotopic (exact) mass is 282 g/mol. The summed E-state index contributed by atoms with van der Waals surface area (Å²) in [6.07, 6.45) is 1.84. The van der Waals surface area contributed by atoms with Gasteiger partial charge in [0.15, 0.2) is 0 Å². The van der Waals surface area contributed by atoms with E-state index in [9.17, 15) is 4.79 Å². The predicted molar refractivity (Wildman–Crippen MR) is 81.5 cm³/mol. The second kappa shape index (κ2) is 6.73. The van der Waals surface area contributed by atoms with E-state index >= 15 is 0 Å². The highest BCUT2D eigenvalue weighted by Crippen LogP contribution is 2.13. The summed E-state index contributed by atoms with van der Waals surface area (Å²) < 4.78 is 1.70.